The molecule has 4 fully saturated rings. The molecule has 0 aromatic rings. The first-order valence-corrected chi connectivity index (χ1v) is 18.8. The van der Waals surface area contributed by atoms with E-state index < -0.39 is 69.1 Å². The van der Waals surface area contributed by atoms with Crippen LogP contribution in [0.3, 0.4) is 0 Å². The van der Waals surface area contributed by atoms with Crippen LogP contribution in [0.15, 0.2) is 11.6 Å². The van der Waals surface area contributed by atoms with Crippen LogP contribution in [0.2, 0.25) is 0 Å². The Bertz CT molecular complexity index is 1510. The van der Waals surface area contributed by atoms with Gasteiger partial charge in [0, 0.05) is 39.0 Å². The molecule has 0 aromatic heterocycles. The lowest BCUT2D eigenvalue weighted by Crippen LogP contribution is -2.71. The first-order chi connectivity index (χ1) is 23.7. The quantitative estimate of drug-likeness (QED) is 0.194. The summed E-state index contributed by atoms with van der Waals surface area (Å²) < 4.78 is 22.6. The predicted octanol–water partition coefficient (Wildman–Crippen LogP) is 5.52. The lowest BCUT2D eigenvalue weighted by molar-refractivity contribution is -0.251. The van der Waals surface area contributed by atoms with E-state index in [2.05, 4.69) is 39.9 Å². The van der Waals surface area contributed by atoms with E-state index in [0.29, 0.717) is 31.6 Å². The highest BCUT2D eigenvalue weighted by Crippen LogP contribution is 2.75. The van der Waals surface area contributed by atoms with Gasteiger partial charge < -0.3 is 24.3 Å². The Labute approximate surface area is 302 Å². The highest BCUT2D eigenvalue weighted by Gasteiger charge is 2.73. The van der Waals surface area contributed by atoms with Crippen LogP contribution in [0, 0.1) is 56.7 Å². The van der Waals surface area contributed by atoms with Crippen molar-refractivity contribution in [2.75, 3.05) is 19.8 Å². The largest absolute Gasteiger partial charge is 0.465 e. The van der Waals surface area contributed by atoms with E-state index >= 15 is 4.79 Å². The fourth-order valence-electron chi connectivity index (χ4n) is 12.3. The van der Waals surface area contributed by atoms with Gasteiger partial charge in [-0.1, -0.05) is 47.1 Å². The first-order valence-electron chi connectivity index (χ1n) is 18.8. The summed E-state index contributed by atoms with van der Waals surface area (Å²) in [6, 6.07) is 0. The number of carbonyl (C=O) groups excluding carboxylic acids is 6. The number of hydrogen-bond donors (Lipinski definition) is 1. The molecule has 0 spiro atoms. The number of fused-ring (bicyclic) bond motifs is 7. The van der Waals surface area contributed by atoms with E-state index in [-0.39, 0.29) is 49.2 Å². The molecule has 284 valence electrons. The molecule has 5 rings (SSSR count). The van der Waals surface area contributed by atoms with E-state index in [0.717, 1.165) is 24.8 Å². The Kier molecular flexibility index (Phi) is 10.4. The van der Waals surface area contributed by atoms with E-state index in [1.807, 2.05) is 13.0 Å². The van der Waals surface area contributed by atoms with Gasteiger partial charge in [-0.25, -0.2) is 0 Å². The smallest absolute Gasteiger partial charge is 0.303 e. The second-order valence-corrected chi connectivity index (χ2v) is 17.6. The molecule has 1 N–H and O–H groups in total. The molecule has 0 bridgehead atoms. The maximum atomic E-state index is 15.1. The number of rotatable bonds is 8. The summed E-state index contributed by atoms with van der Waals surface area (Å²) in [5.74, 6) is -2.23. The number of esters is 4. The lowest BCUT2D eigenvalue weighted by Gasteiger charge is -2.71. The van der Waals surface area contributed by atoms with Gasteiger partial charge in [-0.3, -0.25) is 28.8 Å². The highest BCUT2D eigenvalue weighted by atomic mass is 16.6. The normalized spacial score (nSPS) is 42.7. The number of ether oxygens (including phenoxy) is 4. The van der Waals surface area contributed by atoms with Crippen LogP contribution in [-0.4, -0.2) is 67.5 Å². The maximum absolute atomic E-state index is 15.1. The van der Waals surface area contributed by atoms with Gasteiger partial charge in [-0.05, 0) is 90.9 Å². The molecular formula is C40H59NO10. The molecule has 0 aliphatic heterocycles. The zero-order valence-corrected chi connectivity index (χ0v) is 32.3. The monoisotopic (exact) mass is 713 g/mol. The molecule has 1 amide bonds. The maximum Gasteiger partial charge on any atom is 0.303 e. The van der Waals surface area contributed by atoms with Gasteiger partial charge >= 0.3 is 23.9 Å². The molecule has 5 aliphatic rings. The van der Waals surface area contributed by atoms with E-state index in [1.54, 1.807) is 0 Å². The standard InChI is InChI=1S/C40H59NO10/c1-22-11-14-40(35(47)41-17-18-48-24(3)42)16-15-38(9)28(32(40)23(22)2)19-29(46)33-36(7)20-30(50-26(5)44)34(51-27(6)45)37(8,21-49-25(4)43)31(36)12-13-39(33,38)10/h19,22-23,30-34H,11-18,20-21H2,1-10H3,(H,41,47)/t22-,23+,30-,31?,32?,33?,34+,36+,37+,38-,39-,40+/m1/s1. The van der Waals surface area contributed by atoms with E-state index in [9.17, 15) is 24.0 Å². The van der Waals surface area contributed by atoms with Crippen molar-refractivity contribution in [3.63, 3.8) is 0 Å². The van der Waals surface area contributed by atoms with Crippen molar-refractivity contribution >= 4 is 35.6 Å². The van der Waals surface area contributed by atoms with Gasteiger partial charge in [0.2, 0.25) is 5.91 Å². The van der Waals surface area contributed by atoms with E-state index in [4.69, 9.17) is 18.9 Å². The number of nitrogens with one attached hydrogen (secondary N) is 1. The summed E-state index contributed by atoms with van der Waals surface area (Å²) in [4.78, 5) is 77.9. The zero-order chi connectivity index (χ0) is 37.9. The third-order valence-corrected chi connectivity index (χ3v) is 14.8. The SMILES string of the molecule is CC(=O)OCCNC(=O)[C@]12CC[C@@H](C)[C@H](C)C1C1=CC(=O)C3[C@@]4(C)C[C@@H](OC(C)=O)[C@H](OC(C)=O)[C@@](C)(COC(C)=O)C4CC[C@@]3(C)[C@]1(C)CC2. The van der Waals surface area contributed by atoms with Crippen molar-refractivity contribution in [1.29, 1.82) is 0 Å². The molecule has 11 heteroatoms. The average molecular weight is 714 g/mol. The predicted molar refractivity (Wildman–Crippen MR) is 186 cm³/mol. The molecule has 11 nitrogen and oxygen atoms in total. The number of allylic oxidation sites excluding steroid dienone is 2. The fraction of sp³-hybridized carbons (Fsp3) is 0.800. The first kappa shape index (κ1) is 39.0. The molecular weight excluding hydrogens is 654 g/mol. The number of hydrogen-bond acceptors (Lipinski definition) is 10. The Balaban J connectivity index is 1.61. The Morgan fingerprint density at radius 3 is 2.08 bits per heavy atom. The second-order valence-electron chi connectivity index (χ2n) is 17.6. The van der Waals surface area contributed by atoms with Crippen LogP contribution in [-0.2, 0) is 47.7 Å². The van der Waals surface area contributed by atoms with Crippen LogP contribution in [0.4, 0.5) is 0 Å². The summed E-state index contributed by atoms with van der Waals surface area (Å²) >= 11 is 0. The molecule has 12 atom stereocenters. The molecule has 3 unspecified atom stereocenters. The third-order valence-electron chi connectivity index (χ3n) is 14.8. The van der Waals surface area contributed by atoms with Gasteiger partial charge in [-0.2, -0.15) is 0 Å². The Morgan fingerprint density at radius 2 is 1.47 bits per heavy atom. The zero-order valence-electron chi connectivity index (χ0n) is 32.3. The van der Waals surface area contributed by atoms with Crippen molar-refractivity contribution in [1.82, 2.24) is 5.32 Å². The molecule has 51 heavy (non-hydrogen) atoms. The molecule has 5 aliphatic carbocycles. The summed E-state index contributed by atoms with van der Waals surface area (Å²) in [6.45, 7) is 18.6. The van der Waals surface area contributed by atoms with Crippen LogP contribution in [0.5, 0.6) is 0 Å². The van der Waals surface area contributed by atoms with Gasteiger partial charge in [0.25, 0.3) is 0 Å². The van der Waals surface area contributed by atoms with E-state index in [1.165, 1.54) is 27.7 Å². The summed E-state index contributed by atoms with van der Waals surface area (Å²) in [5, 5.41) is 3.09. The lowest BCUT2D eigenvalue weighted by atomic mass is 9.33. The summed E-state index contributed by atoms with van der Waals surface area (Å²) in [6.07, 6.45) is 4.88. The molecule has 0 heterocycles. The van der Waals surface area contributed by atoms with Crippen LogP contribution in [0.25, 0.3) is 0 Å². The second kappa shape index (κ2) is 13.6. The van der Waals surface area contributed by atoms with Gasteiger partial charge in [-0.15, -0.1) is 0 Å². The molecule has 0 aromatic carbocycles. The molecule has 4 saturated carbocycles. The fourth-order valence-corrected chi connectivity index (χ4v) is 12.3. The van der Waals surface area contributed by atoms with Crippen molar-refractivity contribution in [2.24, 2.45) is 56.7 Å². The van der Waals surface area contributed by atoms with Crippen molar-refractivity contribution < 1.29 is 47.7 Å². The minimum absolute atomic E-state index is 0.0102. The number of ketones is 1. The van der Waals surface area contributed by atoms with Crippen molar-refractivity contribution in [2.45, 2.75) is 126 Å². The van der Waals surface area contributed by atoms with Crippen LogP contribution < -0.4 is 5.32 Å². The van der Waals surface area contributed by atoms with Gasteiger partial charge in [0.15, 0.2) is 5.78 Å². The summed E-state index contributed by atoms with van der Waals surface area (Å²) in [5.41, 5.74) is -2.18. The third kappa shape index (κ3) is 6.22. The molecule has 0 radical (unpaired) electrons. The minimum atomic E-state index is -0.948. The van der Waals surface area contributed by atoms with Crippen LogP contribution in [0.1, 0.15) is 114 Å². The highest BCUT2D eigenvalue weighted by molar-refractivity contribution is 5.96. The van der Waals surface area contributed by atoms with Crippen LogP contribution >= 0.6 is 0 Å². The number of amides is 1. The van der Waals surface area contributed by atoms with Crippen molar-refractivity contribution in [3.8, 4) is 0 Å². The number of carbonyl (C=O) groups is 6. The Hall–Kier alpha value is -3.24. The van der Waals surface area contributed by atoms with Gasteiger partial charge in [0.1, 0.15) is 25.4 Å². The molecule has 0 saturated heterocycles. The topological polar surface area (TPSA) is 151 Å². The van der Waals surface area contributed by atoms with Gasteiger partial charge in [0.05, 0.1) is 12.0 Å². The van der Waals surface area contributed by atoms with Crippen molar-refractivity contribution in [3.05, 3.63) is 11.6 Å². The Morgan fingerprint density at radius 1 is 0.824 bits per heavy atom. The summed E-state index contributed by atoms with van der Waals surface area (Å²) in [7, 11) is 0. The average Bonchev–Trinajstić information content (AvgIpc) is 3.02. The minimum Gasteiger partial charge on any atom is -0.465 e.